The topological polar surface area (TPSA) is 117 Å². The number of aliphatic hydroxyl groups excluding tert-OH is 1. The van der Waals surface area contributed by atoms with Crippen LogP contribution in [0.5, 0.6) is 5.75 Å². The van der Waals surface area contributed by atoms with E-state index in [1.54, 1.807) is 29.2 Å². The number of benzene rings is 1. The summed E-state index contributed by atoms with van der Waals surface area (Å²) in [5.74, 6) is -1.87. The van der Waals surface area contributed by atoms with Crippen LogP contribution in [0.15, 0.2) is 24.3 Å². The lowest BCUT2D eigenvalue weighted by Crippen LogP contribution is -2.62. The maximum Gasteiger partial charge on any atom is 0.246 e. The summed E-state index contributed by atoms with van der Waals surface area (Å²) in [4.78, 5) is 44.4. The molecule has 1 aromatic rings. The summed E-state index contributed by atoms with van der Waals surface area (Å²) in [7, 11) is 0. The van der Waals surface area contributed by atoms with Crippen molar-refractivity contribution in [2.24, 2.45) is 23.2 Å². The van der Waals surface area contributed by atoms with E-state index in [1.807, 2.05) is 41.5 Å². The van der Waals surface area contributed by atoms with Gasteiger partial charge in [0.05, 0.1) is 36.7 Å². The first-order valence-corrected chi connectivity index (χ1v) is 15.5. The molecule has 1 spiro atoms. The molecule has 3 N–H and O–H groups in total. The molecule has 1 aromatic carbocycles. The van der Waals surface area contributed by atoms with Crippen LogP contribution in [-0.2, 0) is 19.1 Å². The third-order valence-corrected chi connectivity index (χ3v) is 9.46. The van der Waals surface area contributed by atoms with Crippen LogP contribution in [0.2, 0.25) is 0 Å². The lowest BCUT2D eigenvalue weighted by molar-refractivity contribution is -0.151. The fourth-order valence-corrected chi connectivity index (χ4v) is 8.03. The van der Waals surface area contributed by atoms with Crippen molar-refractivity contribution in [1.82, 2.24) is 10.2 Å². The van der Waals surface area contributed by atoms with Crippen LogP contribution in [0.3, 0.4) is 0 Å². The Kier molecular flexibility index (Phi) is 8.80. The zero-order chi connectivity index (χ0) is 31.3. The van der Waals surface area contributed by atoms with E-state index in [0.717, 1.165) is 12.8 Å². The predicted molar refractivity (Wildman–Crippen MR) is 162 cm³/mol. The molecule has 0 aromatic heterocycles. The van der Waals surface area contributed by atoms with Gasteiger partial charge in [0.1, 0.15) is 17.4 Å². The molecule has 9 heteroatoms. The summed E-state index contributed by atoms with van der Waals surface area (Å²) in [6.45, 7) is 18.4. The fourth-order valence-electron chi connectivity index (χ4n) is 8.03. The van der Waals surface area contributed by atoms with Gasteiger partial charge in [0.2, 0.25) is 17.7 Å². The third-order valence-electron chi connectivity index (χ3n) is 9.46. The van der Waals surface area contributed by atoms with E-state index >= 15 is 0 Å². The molecule has 7 atom stereocenters. The molecule has 3 saturated heterocycles. The van der Waals surface area contributed by atoms with Gasteiger partial charge in [-0.05, 0) is 82.6 Å². The number of rotatable bonds is 11. The molecule has 2 unspecified atom stereocenters. The Morgan fingerprint density at radius 3 is 2.31 bits per heavy atom. The molecule has 3 aliphatic heterocycles. The Labute approximate surface area is 251 Å². The van der Waals surface area contributed by atoms with Gasteiger partial charge in [-0.25, -0.2) is 0 Å². The number of hydrogen-bond donors (Lipinski definition) is 3. The number of likely N-dealkylation sites (tertiary alicyclic amines) is 1. The van der Waals surface area contributed by atoms with E-state index in [4.69, 9.17) is 9.47 Å². The second kappa shape index (κ2) is 11.5. The predicted octanol–water partition coefficient (Wildman–Crippen LogP) is 4.53. The number of hydrogen-bond acceptors (Lipinski definition) is 6. The number of fused-ring (bicyclic) bond motifs is 1. The van der Waals surface area contributed by atoms with Gasteiger partial charge in [-0.2, -0.15) is 0 Å². The normalized spacial score (nSPS) is 30.2. The van der Waals surface area contributed by atoms with Gasteiger partial charge in [-0.3, -0.25) is 14.4 Å². The number of ether oxygens (including phenoxy) is 2. The van der Waals surface area contributed by atoms with Crippen LogP contribution in [0, 0.1) is 23.2 Å². The lowest BCUT2D eigenvalue weighted by Gasteiger charge is -2.41. The minimum Gasteiger partial charge on any atom is -0.494 e. The largest absolute Gasteiger partial charge is 0.494 e. The molecule has 3 amide bonds. The Morgan fingerprint density at radius 1 is 1.12 bits per heavy atom. The van der Waals surface area contributed by atoms with Gasteiger partial charge in [-0.15, -0.1) is 0 Å². The summed E-state index contributed by atoms with van der Waals surface area (Å²) < 4.78 is 12.3. The maximum absolute atomic E-state index is 14.5. The Balaban J connectivity index is 1.72. The average Bonchev–Trinajstić information content (AvgIpc) is 3.45. The third kappa shape index (κ3) is 5.79. The van der Waals surface area contributed by atoms with Crippen molar-refractivity contribution in [1.29, 1.82) is 0 Å². The molecule has 3 aliphatic rings. The van der Waals surface area contributed by atoms with Crippen LogP contribution < -0.4 is 15.4 Å². The number of nitrogens with one attached hydrogen (secondary N) is 2. The standard InChI is InChI=1S/C33H51N3O6/c1-10-20(3)23(18-37)36-26(28(39)35-31(7,8)19-30(4,5)6)33-17-16-32(9,42-33)24(25(33)29(36)40)27(38)34-21-12-14-22(15-13-21)41-11-2/h12-15,20,23-26,37H,10-11,16-19H2,1-9H3,(H,34,38)(H,35,39)/t20-,23-,24+,25-,26?,32-,33?/m0/s1. The smallest absolute Gasteiger partial charge is 0.246 e. The highest BCUT2D eigenvalue weighted by atomic mass is 16.5. The van der Waals surface area contributed by atoms with Gasteiger partial charge in [0.15, 0.2) is 0 Å². The zero-order valence-electron chi connectivity index (χ0n) is 26.9. The van der Waals surface area contributed by atoms with Crippen molar-refractivity contribution in [3.63, 3.8) is 0 Å². The number of carbonyl (C=O) groups is 3. The lowest BCUT2D eigenvalue weighted by atomic mass is 9.66. The molecule has 0 saturated carbocycles. The number of nitrogens with zero attached hydrogens (tertiary/aromatic N) is 1. The number of amides is 3. The van der Waals surface area contributed by atoms with E-state index in [2.05, 4.69) is 31.4 Å². The Morgan fingerprint density at radius 2 is 1.76 bits per heavy atom. The number of carbonyl (C=O) groups excluding carboxylic acids is 3. The Bertz CT molecular complexity index is 1180. The molecule has 0 aliphatic carbocycles. The molecule has 3 fully saturated rings. The van der Waals surface area contributed by atoms with E-state index in [0.29, 0.717) is 30.9 Å². The summed E-state index contributed by atoms with van der Waals surface area (Å²) in [5.41, 5.74) is -2.04. The molecule has 3 heterocycles. The van der Waals surface area contributed by atoms with Crippen LogP contribution in [0.1, 0.15) is 88.0 Å². The molecule has 234 valence electrons. The molecule has 2 bridgehead atoms. The van der Waals surface area contributed by atoms with Crippen molar-refractivity contribution in [2.45, 2.75) is 117 Å². The molecule has 4 rings (SSSR count). The van der Waals surface area contributed by atoms with E-state index in [-0.39, 0.29) is 35.7 Å². The molecular weight excluding hydrogens is 534 g/mol. The van der Waals surface area contributed by atoms with E-state index in [1.165, 1.54) is 0 Å². The first-order chi connectivity index (χ1) is 19.5. The second-order valence-corrected chi connectivity index (χ2v) is 14.7. The van der Waals surface area contributed by atoms with E-state index < -0.39 is 40.7 Å². The molecular formula is C33H51N3O6. The first-order valence-electron chi connectivity index (χ1n) is 15.5. The highest BCUT2D eigenvalue weighted by Crippen LogP contribution is 2.63. The minimum atomic E-state index is -1.16. The maximum atomic E-state index is 14.5. The second-order valence-electron chi connectivity index (χ2n) is 14.7. The average molecular weight is 586 g/mol. The van der Waals surface area contributed by atoms with Crippen molar-refractivity contribution in [3.8, 4) is 5.75 Å². The molecule has 9 nitrogen and oxygen atoms in total. The van der Waals surface area contributed by atoms with Gasteiger partial charge < -0.3 is 30.1 Å². The zero-order valence-corrected chi connectivity index (χ0v) is 26.9. The SMILES string of the molecule is CCOc1ccc(NC(=O)[C@H]2[C@H]3C(=O)N([C@@H](CO)[C@@H](C)CC)C(C(=O)NC(C)(C)CC(C)(C)C)C34CC[C@]2(C)O4)cc1. The van der Waals surface area contributed by atoms with E-state index in [9.17, 15) is 19.5 Å². The van der Waals surface area contributed by atoms with Crippen LogP contribution in [-0.4, -0.2) is 69.8 Å². The van der Waals surface area contributed by atoms with Crippen molar-refractivity contribution in [3.05, 3.63) is 24.3 Å². The fraction of sp³-hybridized carbons (Fsp3) is 0.727. The summed E-state index contributed by atoms with van der Waals surface area (Å²) in [5, 5.41) is 16.8. The van der Waals surface area contributed by atoms with Gasteiger partial charge in [0.25, 0.3) is 0 Å². The highest BCUT2D eigenvalue weighted by molar-refractivity contribution is 6.02. The molecule has 0 radical (unpaired) electrons. The van der Waals surface area contributed by atoms with Crippen molar-refractivity contribution in [2.75, 3.05) is 18.5 Å². The summed E-state index contributed by atoms with van der Waals surface area (Å²) >= 11 is 0. The van der Waals surface area contributed by atoms with Crippen LogP contribution >= 0.6 is 0 Å². The molecule has 42 heavy (non-hydrogen) atoms. The van der Waals surface area contributed by atoms with Crippen LogP contribution in [0.25, 0.3) is 0 Å². The first kappa shape index (κ1) is 32.3. The monoisotopic (exact) mass is 585 g/mol. The van der Waals surface area contributed by atoms with Crippen molar-refractivity contribution < 1.29 is 29.0 Å². The van der Waals surface area contributed by atoms with Crippen LogP contribution in [0.4, 0.5) is 5.69 Å². The van der Waals surface area contributed by atoms with Crippen molar-refractivity contribution >= 4 is 23.4 Å². The minimum absolute atomic E-state index is 0.0347. The summed E-state index contributed by atoms with van der Waals surface area (Å²) in [6, 6.07) is 5.60. The van der Waals surface area contributed by atoms with Gasteiger partial charge >= 0.3 is 0 Å². The highest BCUT2D eigenvalue weighted by Gasteiger charge is 2.78. The summed E-state index contributed by atoms with van der Waals surface area (Å²) in [6.07, 6.45) is 2.48. The number of aliphatic hydroxyl groups is 1. The van der Waals surface area contributed by atoms with Gasteiger partial charge in [0, 0.05) is 11.2 Å². The Hall–Kier alpha value is -2.65. The van der Waals surface area contributed by atoms with Gasteiger partial charge in [-0.1, -0.05) is 41.0 Å². The quantitative estimate of drug-likeness (QED) is 0.352. The number of anilines is 1.